The Kier molecular flexibility index (Phi) is 2.84. The Morgan fingerprint density at radius 3 is 2.73 bits per heavy atom. The van der Waals surface area contributed by atoms with Gasteiger partial charge in [-0.05, 0) is 24.3 Å². The maximum absolute atomic E-state index is 12.4. The molecule has 0 radical (unpaired) electrons. The van der Waals surface area contributed by atoms with E-state index in [0.717, 1.165) is 16.8 Å². The van der Waals surface area contributed by atoms with Crippen molar-refractivity contribution in [3.8, 4) is 11.3 Å². The maximum Gasteiger partial charge on any atom is 0.272 e. The van der Waals surface area contributed by atoms with Crippen LogP contribution >= 0.6 is 11.6 Å². The first-order valence-corrected chi connectivity index (χ1v) is 7.19. The topological polar surface area (TPSA) is 62.1 Å². The van der Waals surface area contributed by atoms with Gasteiger partial charge in [0.15, 0.2) is 0 Å². The van der Waals surface area contributed by atoms with Crippen molar-refractivity contribution in [3.63, 3.8) is 0 Å². The molecule has 3 aromatic rings. The second kappa shape index (κ2) is 4.74. The molecule has 0 fully saturated rings. The zero-order valence-electron chi connectivity index (χ0n) is 11.7. The lowest BCUT2D eigenvalue weighted by molar-refractivity contribution is 0.0777. The summed E-state index contributed by atoms with van der Waals surface area (Å²) in [7, 11) is 1.76. The minimum atomic E-state index is -0.276. The van der Waals surface area contributed by atoms with Crippen molar-refractivity contribution in [2.24, 2.45) is 0 Å². The van der Waals surface area contributed by atoms with E-state index in [4.69, 9.17) is 16.0 Å². The van der Waals surface area contributed by atoms with Gasteiger partial charge in [-0.2, -0.15) is 5.10 Å². The first kappa shape index (κ1) is 13.2. The fourth-order valence-electron chi connectivity index (χ4n) is 2.87. The van der Waals surface area contributed by atoms with Gasteiger partial charge in [-0.3, -0.25) is 9.89 Å². The van der Waals surface area contributed by atoms with Gasteiger partial charge >= 0.3 is 0 Å². The lowest BCUT2D eigenvalue weighted by Gasteiger charge is -2.19. The van der Waals surface area contributed by atoms with E-state index in [2.05, 4.69) is 10.2 Å². The van der Waals surface area contributed by atoms with E-state index in [1.54, 1.807) is 30.3 Å². The number of H-pyrrole nitrogens is 1. The van der Waals surface area contributed by atoms with Crippen molar-refractivity contribution in [2.45, 2.75) is 6.04 Å². The number of rotatable bonds is 2. The first-order chi connectivity index (χ1) is 10.7. The Bertz CT molecular complexity index is 837. The number of furan rings is 1. The summed E-state index contributed by atoms with van der Waals surface area (Å²) in [5, 5.41) is 7.84. The Labute approximate surface area is 131 Å². The van der Waals surface area contributed by atoms with Gasteiger partial charge in [0.2, 0.25) is 0 Å². The Morgan fingerprint density at radius 1 is 1.27 bits per heavy atom. The Hall–Kier alpha value is -2.53. The molecule has 0 spiro atoms. The first-order valence-electron chi connectivity index (χ1n) is 6.81. The van der Waals surface area contributed by atoms with Crippen LogP contribution in [0.15, 0.2) is 47.1 Å². The molecule has 0 saturated carbocycles. The molecule has 4 rings (SSSR count). The molecule has 110 valence electrons. The second-order valence-corrected chi connectivity index (χ2v) is 5.64. The van der Waals surface area contributed by atoms with E-state index >= 15 is 0 Å². The van der Waals surface area contributed by atoms with Crippen molar-refractivity contribution in [1.82, 2.24) is 15.1 Å². The number of halogens is 1. The molecule has 0 saturated heterocycles. The number of benzene rings is 1. The molecule has 2 aromatic heterocycles. The zero-order valence-corrected chi connectivity index (χ0v) is 12.5. The third kappa shape index (κ3) is 1.79. The van der Waals surface area contributed by atoms with Crippen LogP contribution < -0.4 is 0 Å². The predicted molar refractivity (Wildman–Crippen MR) is 81.7 cm³/mol. The molecule has 5 nitrogen and oxygen atoms in total. The van der Waals surface area contributed by atoms with E-state index in [0.29, 0.717) is 16.5 Å². The number of carbonyl (C=O) groups is 1. The lowest BCUT2D eigenvalue weighted by Crippen LogP contribution is -2.24. The number of hydrogen-bond acceptors (Lipinski definition) is 3. The molecule has 0 bridgehead atoms. The number of nitrogens with one attached hydrogen (secondary N) is 1. The summed E-state index contributed by atoms with van der Waals surface area (Å²) in [4.78, 5) is 14.0. The number of nitrogens with zero attached hydrogens (tertiary/aromatic N) is 2. The van der Waals surface area contributed by atoms with Crippen LogP contribution in [-0.4, -0.2) is 28.1 Å². The van der Waals surface area contributed by atoms with Crippen LogP contribution in [0, 0.1) is 0 Å². The van der Waals surface area contributed by atoms with E-state index in [1.165, 1.54) is 0 Å². The number of fused-ring (bicyclic) bond motifs is 1. The van der Waals surface area contributed by atoms with Gasteiger partial charge < -0.3 is 9.32 Å². The number of aromatic nitrogens is 2. The molecule has 3 heterocycles. The average Bonchev–Trinajstić information content (AvgIpc) is 3.21. The van der Waals surface area contributed by atoms with Crippen LogP contribution in [0.3, 0.4) is 0 Å². The molecule has 0 unspecified atom stereocenters. The van der Waals surface area contributed by atoms with Gasteiger partial charge in [0.1, 0.15) is 17.5 Å². The van der Waals surface area contributed by atoms with Crippen molar-refractivity contribution in [1.29, 1.82) is 0 Å². The third-order valence-corrected chi connectivity index (χ3v) is 4.18. The van der Waals surface area contributed by atoms with Crippen molar-refractivity contribution in [2.75, 3.05) is 7.05 Å². The predicted octanol–water partition coefficient (Wildman–Crippen LogP) is 3.50. The highest BCUT2D eigenvalue weighted by Gasteiger charge is 2.41. The second-order valence-electron chi connectivity index (χ2n) is 5.20. The molecule has 1 amide bonds. The van der Waals surface area contributed by atoms with Crippen LogP contribution in [0.2, 0.25) is 5.02 Å². The summed E-state index contributed by atoms with van der Waals surface area (Å²) in [5.74, 6) is 0.621. The normalized spacial score (nSPS) is 17.1. The lowest BCUT2D eigenvalue weighted by atomic mass is 10.0. The summed E-state index contributed by atoms with van der Waals surface area (Å²) in [6.07, 6.45) is 1.60. The average molecular weight is 314 g/mol. The van der Waals surface area contributed by atoms with Crippen LogP contribution in [0.4, 0.5) is 0 Å². The van der Waals surface area contributed by atoms with Crippen LogP contribution in [0.1, 0.15) is 27.9 Å². The molecular weight excluding hydrogens is 302 g/mol. The molecule has 1 N–H and O–H groups in total. The van der Waals surface area contributed by atoms with E-state index in [1.807, 2.05) is 24.3 Å². The Morgan fingerprint density at radius 2 is 2.05 bits per heavy atom. The minimum Gasteiger partial charge on any atom is -0.467 e. The highest BCUT2D eigenvalue weighted by atomic mass is 35.5. The number of aromatic amines is 1. The quantitative estimate of drug-likeness (QED) is 0.787. The van der Waals surface area contributed by atoms with Gasteiger partial charge in [0, 0.05) is 23.2 Å². The van der Waals surface area contributed by atoms with Crippen LogP contribution in [0.25, 0.3) is 11.3 Å². The summed E-state index contributed by atoms with van der Waals surface area (Å²) >= 11 is 5.94. The fraction of sp³-hybridized carbons (Fsp3) is 0.125. The fourth-order valence-corrected chi connectivity index (χ4v) is 3.00. The summed E-state index contributed by atoms with van der Waals surface area (Å²) in [5.41, 5.74) is 2.99. The zero-order chi connectivity index (χ0) is 15.3. The highest BCUT2D eigenvalue weighted by molar-refractivity contribution is 6.30. The molecule has 22 heavy (non-hydrogen) atoms. The number of hydrogen-bond donors (Lipinski definition) is 1. The van der Waals surface area contributed by atoms with Crippen molar-refractivity contribution < 1.29 is 9.21 Å². The van der Waals surface area contributed by atoms with Crippen LogP contribution in [-0.2, 0) is 0 Å². The SMILES string of the molecule is CN1C(=O)c2[nH]nc(-c3ccc(Cl)cc3)c2[C@H]1c1ccco1. The molecule has 1 aromatic carbocycles. The minimum absolute atomic E-state index is 0.0934. The molecular formula is C16H12ClN3O2. The largest absolute Gasteiger partial charge is 0.467 e. The molecule has 1 aliphatic heterocycles. The van der Waals surface area contributed by atoms with Gasteiger partial charge in [-0.1, -0.05) is 23.7 Å². The van der Waals surface area contributed by atoms with Gasteiger partial charge in [0.25, 0.3) is 5.91 Å². The number of carbonyl (C=O) groups excluding carboxylic acids is 1. The molecule has 6 heteroatoms. The third-order valence-electron chi connectivity index (χ3n) is 3.93. The van der Waals surface area contributed by atoms with E-state index in [9.17, 15) is 4.79 Å². The van der Waals surface area contributed by atoms with Gasteiger partial charge in [-0.15, -0.1) is 0 Å². The maximum atomic E-state index is 12.4. The van der Waals surface area contributed by atoms with Crippen molar-refractivity contribution in [3.05, 3.63) is 64.7 Å². The smallest absolute Gasteiger partial charge is 0.272 e. The standard InChI is InChI=1S/C16H12ClN3O2/c1-20-15(11-3-2-8-22-11)12-13(18-19-14(12)16(20)21)9-4-6-10(17)7-5-9/h2-8,15H,1H3,(H,18,19)/t15-/m1/s1. The summed E-state index contributed by atoms with van der Waals surface area (Å²) < 4.78 is 5.52. The van der Waals surface area contributed by atoms with Gasteiger partial charge in [0.05, 0.1) is 12.0 Å². The van der Waals surface area contributed by atoms with Crippen molar-refractivity contribution >= 4 is 17.5 Å². The molecule has 1 atom stereocenters. The summed E-state index contributed by atoms with van der Waals surface area (Å²) in [6, 6.07) is 10.8. The number of amides is 1. The van der Waals surface area contributed by atoms with E-state index < -0.39 is 0 Å². The Balaban J connectivity index is 1.90. The summed E-state index contributed by atoms with van der Waals surface area (Å²) in [6.45, 7) is 0. The molecule has 1 aliphatic rings. The molecule has 0 aliphatic carbocycles. The monoisotopic (exact) mass is 313 g/mol. The highest BCUT2D eigenvalue weighted by Crippen LogP contribution is 2.41. The van der Waals surface area contributed by atoms with Gasteiger partial charge in [-0.25, -0.2) is 0 Å². The van der Waals surface area contributed by atoms with E-state index in [-0.39, 0.29) is 11.9 Å². The van der Waals surface area contributed by atoms with Crippen LogP contribution in [0.5, 0.6) is 0 Å².